The molecule has 1 aromatic rings. The second-order valence-electron chi connectivity index (χ2n) is 4.58. The summed E-state index contributed by atoms with van der Waals surface area (Å²) in [5, 5.41) is 11.5. The largest absolute Gasteiger partial charge is 0.481 e. The fourth-order valence-electron chi connectivity index (χ4n) is 2.43. The minimum atomic E-state index is -0.942. The molecule has 6 heteroatoms. The lowest BCUT2D eigenvalue weighted by Gasteiger charge is -2.22. The zero-order chi connectivity index (χ0) is 13.0. The van der Waals surface area contributed by atoms with Crippen molar-refractivity contribution >= 4 is 11.9 Å². The number of nitrogens with one attached hydrogen (secondary N) is 1. The van der Waals surface area contributed by atoms with E-state index in [-0.39, 0.29) is 30.8 Å². The van der Waals surface area contributed by atoms with E-state index in [1.54, 1.807) is 12.5 Å². The van der Waals surface area contributed by atoms with Crippen LogP contribution in [0.4, 0.5) is 0 Å². The molecule has 1 fully saturated rings. The van der Waals surface area contributed by atoms with E-state index < -0.39 is 5.97 Å². The number of aliphatic carboxylic acids is 1. The third-order valence-electron chi connectivity index (χ3n) is 3.30. The number of carbonyl (C=O) groups excluding carboxylic acids is 1. The third-order valence-corrected chi connectivity index (χ3v) is 3.30. The van der Waals surface area contributed by atoms with Crippen molar-refractivity contribution in [3.8, 4) is 0 Å². The number of rotatable bonds is 5. The van der Waals surface area contributed by atoms with Gasteiger partial charge in [-0.1, -0.05) is 0 Å². The van der Waals surface area contributed by atoms with Crippen molar-refractivity contribution in [2.24, 2.45) is 0 Å². The first-order valence-corrected chi connectivity index (χ1v) is 6.15. The number of imidazole rings is 1. The molecule has 1 amide bonds. The molecule has 6 nitrogen and oxygen atoms in total. The lowest BCUT2D eigenvalue weighted by atomic mass is 10.1. The predicted molar refractivity (Wildman–Crippen MR) is 63.9 cm³/mol. The quantitative estimate of drug-likeness (QED) is 0.816. The van der Waals surface area contributed by atoms with Gasteiger partial charge in [0.25, 0.3) is 0 Å². The first kappa shape index (κ1) is 12.6. The first-order chi connectivity index (χ1) is 8.66. The van der Waals surface area contributed by atoms with E-state index in [9.17, 15) is 9.59 Å². The van der Waals surface area contributed by atoms with Crippen LogP contribution in [0.15, 0.2) is 18.7 Å². The van der Waals surface area contributed by atoms with Crippen molar-refractivity contribution in [2.45, 2.75) is 44.2 Å². The van der Waals surface area contributed by atoms with Crippen LogP contribution in [-0.2, 0) is 9.59 Å². The molecule has 0 bridgehead atoms. The molecule has 0 aliphatic heterocycles. The fourth-order valence-corrected chi connectivity index (χ4v) is 2.43. The number of carboxylic acid groups (broad SMARTS) is 1. The van der Waals surface area contributed by atoms with E-state index in [1.807, 2.05) is 10.8 Å². The maximum absolute atomic E-state index is 11.6. The Labute approximate surface area is 105 Å². The average molecular weight is 251 g/mol. The standard InChI is InChI=1S/C12H17N3O3/c16-11(4-5-12(17)18)14-9-2-1-3-10(9)15-7-6-13-8-15/h6-10H,1-5H2,(H,14,16)(H,17,18). The predicted octanol–water partition coefficient (Wildman–Crippen LogP) is 0.958. The topological polar surface area (TPSA) is 84.2 Å². The number of carboxylic acids is 1. The summed E-state index contributed by atoms with van der Waals surface area (Å²) in [6.45, 7) is 0. The number of hydrogen-bond acceptors (Lipinski definition) is 3. The van der Waals surface area contributed by atoms with Crippen molar-refractivity contribution in [1.82, 2.24) is 14.9 Å². The van der Waals surface area contributed by atoms with Gasteiger partial charge in [0.1, 0.15) is 0 Å². The van der Waals surface area contributed by atoms with Crippen molar-refractivity contribution in [3.05, 3.63) is 18.7 Å². The molecule has 18 heavy (non-hydrogen) atoms. The van der Waals surface area contributed by atoms with Crippen LogP contribution in [-0.4, -0.2) is 32.6 Å². The summed E-state index contributed by atoms with van der Waals surface area (Å²) < 4.78 is 2.01. The van der Waals surface area contributed by atoms with Crippen molar-refractivity contribution in [1.29, 1.82) is 0 Å². The van der Waals surface area contributed by atoms with Crippen LogP contribution in [0.3, 0.4) is 0 Å². The lowest BCUT2D eigenvalue weighted by molar-refractivity contribution is -0.139. The molecule has 1 aliphatic carbocycles. The van der Waals surface area contributed by atoms with E-state index in [0.29, 0.717) is 0 Å². The molecule has 2 N–H and O–H groups in total. The Morgan fingerprint density at radius 2 is 2.22 bits per heavy atom. The van der Waals surface area contributed by atoms with E-state index in [1.165, 1.54) is 0 Å². The monoisotopic (exact) mass is 251 g/mol. The zero-order valence-electron chi connectivity index (χ0n) is 10.1. The molecule has 98 valence electrons. The van der Waals surface area contributed by atoms with Crippen LogP contribution in [0.25, 0.3) is 0 Å². The molecular formula is C12H17N3O3. The van der Waals surface area contributed by atoms with Gasteiger partial charge < -0.3 is 15.0 Å². The second kappa shape index (κ2) is 5.66. The van der Waals surface area contributed by atoms with E-state index in [4.69, 9.17) is 5.11 Å². The Kier molecular flexibility index (Phi) is 3.96. The van der Waals surface area contributed by atoms with Crippen LogP contribution < -0.4 is 5.32 Å². The van der Waals surface area contributed by atoms with Crippen LogP contribution in [0.5, 0.6) is 0 Å². The van der Waals surface area contributed by atoms with Gasteiger partial charge in [-0.2, -0.15) is 0 Å². The normalized spacial score (nSPS) is 22.9. The van der Waals surface area contributed by atoms with Gasteiger partial charge in [0, 0.05) is 24.9 Å². The second-order valence-corrected chi connectivity index (χ2v) is 4.58. The number of nitrogens with zero attached hydrogens (tertiary/aromatic N) is 2. The molecule has 1 aromatic heterocycles. The maximum atomic E-state index is 11.6. The van der Waals surface area contributed by atoms with E-state index >= 15 is 0 Å². The van der Waals surface area contributed by atoms with Gasteiger partial charge in [-0.3, -0.25) is 9.59 Å². The molecule has 0 radical (unpaired) electrons. The van der Waals surface area contributed by atoms with Crippen molar-refractivity contribution in [3.63, 3.8) is 0 Å². The van der Waals surface area contributed by atoms with Crippen LogP contribution in [0.2, 0.25) is 0 Å². The van der Waals surface area contributed by atoms with Gasteiger partial charge >= 0.3 is 5.97 Å². The van der Waals surface area contributed by atoms with Gasteiger partial charge in [-0.25, -0.2) is 4.98 Å². The zero-order valence-corrected chi connectivity index (χ0v) is 10.1. The molecule has 1 heterocycles. The number of aromatic nitrogens is 2. The maximum Gasteiger partial charge on any atom is 0.303 e. The molecule has 2 unspecified atom stereocenters. The Balaban J connectivity index is 1.88. The SMILES string of the molecule is O=C(O)CCC(=O)NC1CCCC1n1ccnc1. The fraction of sp³-hybridized carbons (Fsp3) is 0.583. The van der Waals surface area contributed by atoms with Gasteiger partial charge in [-0.15, -0.1) is 0 Å². The summed E-state index contributed by atoms with van der Waals surface area (Å²) in [6.07, 6.45) is 8.31. The van der Waals surface area contributed by atoms with Gasteiger partial charge in [0.05, 0.1) is 18.8 Å². The summed E-state index contributed by atoms with van der Waals surface area (Å²) in [6, 6.07) is 0.321. The molecule has 2 rings (SSSR count). The molecule has 0 aromatic carbocycles. The van der Waals surface area contributed by atoms with Crippen LogP contribution in [0, 0.1) is 0 Å². The van der Waals surface area contributed by atoms with Gasteiger partial charge in [-0.05, 0) is 19.3 Å². The van der Waals surface area contributed by atoms with E-state index in [0.717, 1.165) is 19.3 Å². The summed E-state index contributed by atoms with van der Waals surface area (Å²) in [5.41, 5.74) is 0. The summed E-state index contributed by atoms with van der Waals surface area (Å²) in [7, 11) is 0. The molecule has 0 spiro atoms. The smallest absolute Gasteiger partial charge is 0.303 e. The number of amides is 1. The van der Waals surface area contributed by atoms with Crippen LogP contribution in [0.1, 0.15) is 38.1 Å². The highest BCUT2D eigenvalue weighted by Crippen LogP contribution is 2.29. The minimum Gasteiger partial charge on any atom is -0.481 e. The Hall–Kier alpha value is -1.85. The number of carbonyl (C=O) groups is 2. The van der Waals surface area contributed by atoms with Crippen molar-refractivity contribution < 1.29 is 14.7 Å². The van der Waals surface area contributed by atoms with Crippen LogP contribution >= 0.6 is 0 Å². The molecule has 0 saturated heterocycles. The van der Waals surface area contributed by atoms with E-state index in [2.05, 4.69) is 10.3 Å². The molecule has 1 saturated carbocycles. The summed E-state index contributed by atoms with van der Waals surface area (Å²) in [5.74, 6) is -1.13. The third kappa shape index (κ3) is 3.09. The minimum absolute atomic E-state index is 0.0441. The first-order valence-electron chi connectivity index (χ1n) is 6.15. The molecule has 2 atom stereocenters. The average Bonchev–Trinajstić information content (AvgIpc) is 2.95. The van der Waals surface area contributed by atoms with Gasteiger partial charge in [0.15, 0.2) is 0 Å². The van der Waals surface area contributed by atoms with Gasteiger partial charge in [0.2, 0.25) is 5.91 Å². The van der Waals surface area contributed by atoms with Crippen molar-refractivity contribution in [2.75, 3.05) is 0 Å². The summed E-state index contributed by atoms with van der Waals surface area (Å²) in [4.78, 5) is 26.0. The molecule has 1 aliphatic rings. The number of hydrogen-bond donors (Lipinski definition) is 2. The Morgan fingerprint density at radius 3 is 2.89 bits per heavy atom. The summed E-state index contributed by atoms with van der Waals surface area (Å²) >= 11 is 0. The lowest BCUT2D eigenvalue weighted by Crippen LogP contribution is -2.38. The molecular weight excluding hydrogens is 234 g/mol. The highest BCUT2D eigenvalue weighted by Gasteiger charge is 2.29. The highest BCUT2D eigenvalue weighted by atomic mass is 16.4. The Morgan fingerprint density at radius 1 is 1.39 bits per heavy atom. The highest BCUT2D eigenvalue weighted by molar-refractivity contribution is 5.80. The Bertz CT molecular complexity index is 416.